The van der Waals surface area contributed by atoms with Crippen molar-refractivity contribution in [1.82, 2.24) is 10.5 Å². The van der Waals surface area contributed by atoms with Gasteiger partial charge in [-0.1, -0.05) is 5.16 Å². The zero-order chi connectivity index (χ0) is 16.6. The quantitative estimate of drug-likeness (QED) is 0.718. The van der Waals surface area contributed by atoms with Gasteiger partial charge < -0.3 is 19.4 Å². The van der Waals surface area contributed by atoms with Crippen LogP contribution in [-0.2, 0) is 5.60 Å². The Labute approximate surface area is 142 Å². The molecular formula is C17H16N2O4S. The molecule has 1 aliphatic rings. The predicted octanol–water partition coefficient (Wildman–Crippen LogP) is 2.87. The predicted molar refractivity (Wildman–Crippen MR) is 86.8 cm³/mol. The van der Waals surface area contributed by atoms with Crippen molar-refractivity contribution in [3.05, 3.63) is 64.1 Å². The summed E-state index contributed by atoms with van der Waals surface area (Å²) in [6, 6.07) is 6.86. The van der Waals surface area contributed by atoms with Crippen molar-refractivity contribution in [3.8, 4) is 0 Å². The summed E-state index contributed by atoms with van der Waals surface area (Å²) in [6.07, 6.45) is 3.65. The summed E-state index contributed by atoms with van der Waals surface area (Å²) < 4.78 is 10.6. The summed E-state index contributed by atoms with van der Waals surface area (Å²) in [5.41, 5.74) is -0.534. The van der Waals surface area contributed by atoms with E-state index in [1.54, 1.807) is 24.3 Å². The molecule has 0 unspecified atom stereocenters. The van der Waals surface area contributed by atoms with Crippen LogP contribution in [0.4, 0.5) is 0 Å². The molecule has 24 heavy (non-hydrogen) atoms. The third-order valence-electron chi connectivity index (χ3n) is 4.17. The van der Waals surface area contributed by atoms with Gasteiger partial charge in [-0.3, -0.25) is 4.79 Å². The molecule has 0 aliphatic heterocycles. The maximum Gasteiger partial charge on any atom is 0.273 e. The standard InChI is InChI=1S/C17H16N2O4S/c20-16(13-8-14(23-19-13)11-3-4-11)18-10-17(21,12-5-7-24-9-12)15-2-1-6-22-15/h1-2,5-9,11,21H,3-4,10H2,(H,18,20)/t17-/m0/s1. The molecule has 3 aromatic heterocycles. The molecule has 7 heteroatoms. The van der Waals surface area contributed by atoms with E-state index in [0.717, 1.165) is 18.6 Å². The van der Waals surface area contributed by atoms with Gasteiger partial charge in [0.2, 0.25) is 0 Å². The number of rotatable bonds is 6. The van der Waals surface area contributed by atoms with Crippen molar-refractivity contribution in [3.63, 3.8) is 0 Å². The summed E-state index contributed by atoms with van der Waals surface area (Å²) >= 11 is 1.47. The van der Waals surface area contributed by atoms with Gasteiger partial charge in [0, 0.05) is 17.5 Å². The van der Waals surface area contributed by atoms with Gasteiger partial charge in [-0.25, -0.2) is 0 Å². The van der Waals surface area contributed by atoms with Crippen molar-refractivity contribution < 1.29 is 18.8 Å². The number of aromatic nitrogens is 1. The van der Waals surface area contributed by atoms with E-state index in [1.807, 2.05) is 10.8 Å². The van der Waals surface area contributed by atoms with Crippen molar-refractivity contribution in [2.24, 2.45) is 0 Å². The Balaban J connectivity index is 1.51. The molecule has 4 rings (SSSR count). The van der Waals surface area contributed by atoms with Gasteiger partial charge in [0.1, 0.15) is 11.5 Å². The number of furan rings is 1. The number of thiophene rings is 1. The normalized spacial score (nSPS) is 16.7. The summed E-state index contributed by atoms with van der Waals surface area (Å²) in [7, 11) is 0. The monoisotopic (exact) mass is 344 g/mol. The van der Waals surface area contributed by atoms with E-state index in [-0.39, 0.29) is 18.1 Å². The fourth-order valence-corrected chi connectivity index (χ4v) is 3.32. The molecule has 0 saturated heterocycles. The summed E-state index contributed by atoms with van der Waals surface area (Å²) in [6.45, 7) is -0.0261. The van der Waals surface area contributed by atoms with Crippen LogP contribution in [0.25, 0.3) is 0 Å². The van der Waals surface area contributed by atoms with Crippen molar-refractivity contribution in [1.29, 1.82) is 0 Å². The van der Waals surface area contributed by atoms with Crippen LogP contribution in [-0.4, -0.2) is 22.7 Å². The van der Waals surface area contributed by atoms with Crippen LogP contribution in [0.5, 0.6) is 0 Å². The SMILES string of the molecule is O=C(NC[C@](O)(c1ccsc1)c1ccco1)c1cc(C2CC2)on1. The van der Waals surface area contributed by atoms with E-state index in [9.17, 15) is 9.90 Å². The lowest BCUT2D eigenvalue weighted by molar-refractivity contribution is 0.0526. The lowest BCUT2D eigenvalue weighted by Gasteiger charge is -2.25. The molecule has 1 saturated carbocycles. The van der Waals surface area contributed by atoms with E-state index in [0.29, 0.717) is 17.2 Å². The molecule has 3 heterocycles. The number of nitrogens with one attached hydrogen (secondary N) is 1. The Hall–Kier alpha value is -2.38. The second-order valence-corrected chi connectivity index (χ2v) is 6.70. The minimum absolute atomic E-state index is 0.0261. The first-order chi connectivity index (χ1) is 11.7. The number of hydrogen-bond acceptors (Lipinski definition) is 6. The molecule has 0 radical (unpaired) electrons. The molecule has 6 nitrogen and oxygen atoms in total. The third-order valence-corrected chi connectivity index (χ3v) is 4.86. The van der Waals surface area contributed by atoms with Crippen LogP contribution in [0, 0.1) is 0 Å². The number of amides is 1. The zero-order valence-corrected chi connectivity index (χ0v) is 13.6. The summed E-state index contributed by atoms with van der Waals surface area (Å²) in [5, 5.41) is 21.3. The van der Waals surface area contributed by atoms with E-state index in [1.165, 1.54) is 17.6 Å². The average Bonchev–Trinajstić information content (AvgIpc) is 3.12. The van der Waals surface area contributed by atoms with Crippen LogP contribution < -0.4 is 5.32 Å². The first-order valence-corrected chi connectivity index (χ1v) is 8.65. The Morgan fingerprint density at radius 2 is 2.33 bits per heavy atom. The van der Waals surface area contributed by atoms with E-state index in [4.69, 9.17) is 8.94 Å². The van der Waals surface area contributed by atoms with Crippen LogP contribution in [0.3, 0.4) is 0 Å². The van der Waals surface area contributed by atoms with E-state index in [2.05, 4.69) is 10.5 Å². The topological polar surface area (TPSA) is 88.5 Å². The second kappa shape index (κ2) is 5.92. The minimum Gasteiger partial charge on any atom is -0.466 e. The summed E-state index contributed by atoms with van der Waals surface area (Å²) in [4.78, 5) is 12.3. The molecule has 3 aromatic rings. The molecule has 124 valence electrons. The average molecular weight is 344 g/mol. The maximum absolute atomic E-state index is 12.3. The lowest BCUT2D eigenvalue weighted by Crippen LogP contribution is -2.41. The van der Waals surface area contributed by atoms with Gasteiger partial charge in [0.15, 0.2) is 11.3 Å². The highest BCUT2D eigenvalue weighted by Crippen LogP contribution is 2.40. The maximum atomic E-state index is 12.3. The number of hydrogen-bond donors (Lipinski definition) is 2. The molecule has 0 spiro atoms. The van der Waals surface area contributed by atoms with Gasteiger partial charge >= 0.3 is 0 Å². The molecule has 1 amide bonds. The van der Waals surface area contributed by atoms with Crippen LogP contribution in [0.2, 0.25) is 0 Å². The second-order valence-electron chi connectivity index (χ2n) is 5.92. The Morgan fingerprint density at radius 3 is 3.00 bits per heavy atom. The molecule has 0 bridgehead atoms. The van der Waals surface area contributed by atoms with Gasteiger partial charge in [-0.05, 0) is 41.8 Å². The smallest absolute Gasteiger partial charge is 0.273 e. The van der Waals surface area contributed by atoms with E-state index >= 15 is 0 Å². The fourth-order valence-electron chi connectivity index (χ4n) is 2.60. The molecular weight excluding hydrogens is 328 g/mol. The van der Waals surface area contributed by atoms with Gasteiger partial charge in [-0.2, -0.15) is 11.3 Å². The minimum atomic E-state index is -1.43. The largest absolute Gasteiger partial charge is 0.466 e. The van der Waals surface area contributed by atoms with Crippen molar-refractivity contribution >= 4 is 17.2 Å². The lowest BCUT2D eigenvalue weighted by atomic mass is 9.93. The molecule has 0 aromatic carbocycles. The molecule has 1 atom stereocenters. The number of nitrogens with zero attached hydrogens (tertiary/aromatic N) is 1. The van der Waals surface area contributed by atoms with Crippen molar-refractivity contribution in [2.75, 3.05) is 6.54 Å². The number of carbonyl (C=O) groups excluding carboxylic acids is 1. The summed E-state index contributed by atoms with van der Waals surface area (Å²) in [5.74, 6) is 1.13. The molecule has 2 N–H and O–H groups in total. The number of aliphatic hydroxyl groups is 1. The first-order valence-electron chi connectivity index (χ1n) is 7.70. The highest BCUT2D eigenvalue weighted by atomic mass is 32.1. The Bertz CT molecular complexity index is 785. The zero-order valence-electron chi connectivity index (χ0n) is 12.8. The van der Waals surface area contributed by atoms with E-state index < -0.39 is 5.60 Å². The fraction of sp³-hybridized carbons (Fsp3) is 0.294. The first kappa shape index (κ1) is 15.2. The molecule has 1 fully saturated rings. The van der Waals surface area contributed by atoms with Gasteiger partial charge in [-0.15, -0.1) is 0 Å². The number of carbonyl (C=O) groups is 1. The van der Waals surface area contributed by atoms with Crippen LogP contribution in [0.15, 0.2) is 50.2 Å². The van der Waals surface area contributed by atoms with Crippen LogP contribution >= 0.6 is 11.3 Å². The highest BCUT2D eigenvalue weighted by molar-refractivity contribution is 7.08. The van der Waals surface area contributed by atoms with Gasteiger partial charge in [0.25, 0.3) is 5.91 Å². The third kappa shape index (κ3) is 2.76. The van der Waals surface area contributed by atoms with Crippen LogP contribution in [0.1, 0.15) is 46.3 Å². The van der Waals surface area contributed by atoms with Gasteiger partial charge in [0.05, 0.1) is 12.8 Å². The molecule has 1 aliphatic carbocycles. The Morgan fingerprint density at radius 1 is 1.46 bits per heavy atom. The highest BCUT2D eigenvalue weighted by Gasteiger charge is 2.36. The Kier molecular flexibility index (Phi) is 3.74. The van der Waals surface area contributed by atoms with Crippen molar-refractivity contribution in [2.45, 2.75) is 24.4 Å².